The first-order valence-electron chi connectivity index (χ1n) is 8.77. The van der Waals surface area contributed by atoms with Crippen LogP contribution in [0.1, 0.15) is 24.5 Å². The van der Waals surface area contributed by atoms with Crippen LogP contribution in [-0.2, 0) is 17.9 Å². The van der Waals surface area contributed by atoms with Gasteiger partial charge in [0.1, 0.15) is 12.9 Å². The van der Waals surface area contributed by atoms with Gasteiger partial charge in [0.05, 0.1) is 17.6 Å². The highest BCUT2D eigenvalue weighted by Crippen LogP contribution is 2.38. The van der Waals surface area contributed by atoms with Gasteiger partial charge in [-0.2, -0.15) is 5.10 Å². The number of fused-ring (bicyclic) bond motifs is 1. The van der Waals surface area contributed by atoms with E-state index in [2.05, 4.69) is 20.4 Å². The number of aromatic nitrogens is 5. The van der Waals surface area contributed by atoms with Crippen molar-refractivity contribution in [1.82, 2.24) is 29.6 Å². The third-order valence-electron chi connectivity index (χ3n) is 4.44. The number of carbonyl (C=O) groups is 1. The summed E-state index contributed by atoms with van der Waals surface area (Å²) in [6.45, 7) is 0.373. The number of hydrogen-bond donors (Lipinski definition) is 1. The van der Waals surface area contributed by atoms with Gasteiger partial charge in [-0.3, -0.25) is 19.0 Å². The van der Waals surface area contributed by atoms with Gasteiger partial charge in [0, 0.05) is 24.7 Å². The number of nitrogens with zero attached hydrogens (tertiary/aromatic N) is 5. The molecule has 0 radical (unpaired) electrons. The lowest BCUT2D eigenvalue weighted by Crippen LogP contribution is -2.36. The lowest BCUT2D eigenvalue weighted by molar-refractivity contribution is -0.121. The van der Waals surface area contributed by atoms with Crippen LogP contribution in [0.15, 0.2) is 46.4 Å². The minimum absolute atomic E-state index is 0.152. The maximum Gasteiger partial charge on any atom is 0.266 e. The molecule has 0 unspecified atom stereocenters. The number of amides is 1. The molecule has 3 aromatic rings. The largest absolute Gasteiger partial charge is 0.353 e. The minimum Gasteiger partial charge on any atom is -0.353 e. The highest BCUT2D eigenvalue weighted by molar-refractivity contribution is 5.77. The van der Waals surface area contributed by atoms with Crippen molar-refractivity contribution in [1.29, 1.82) is 0 Å². The van der Waals surface area contributed by atoms with Crippen molar-refractivity contribution in [2.24, 2.45) is 0 Å². The zero-order valence-corrected chi connectivity index (χ0v) is 14.5. The molecule has 3 heterocycles. The summed E-state index contributed by atoms with van der Waals surface area (Å²) in [4.78, 5) is 44.5. The third kappa shape index (κ3) is 3.76. The maximum absolute atomic E-state index is 12.4. The summed E-state index contributed by atoms with van der Waals surface area (Å²) >= 11 is 0. The molecule has 1 aliphatic rings. The van der Waals surface area contributed by atoms with Gasteiger partial charge in [-0.25, -0.2) is 14.6 Å². The van der Waals surface area contributed by atoms with Gasteiger partial charge >= 0.3 is 0 Å². The molecule has 1 N–H and O–H groups in total. The Hall–Kier alpha value is -3.36. The number of pyridine rings is 1. The Labute approximate surface area is 153 Å². The standard InChI is InChI=1S/C18H18N6O3/c25-15(10-23-11-21-17-13(18(23)27)2-1-7-20-17)19-8-9-24-16(26)6-5-14(22-24)12-3-4-12/h1-2,5-7,11-12H,3-4,8-10H2,(H,19,25). The van der Waals surface area contributed by atoms with Crippen LogP contribution in [-0.4, -0.2) is 36.8 Å². The van der Waals surface area contributed by atoms with Crippen molar-refractivity contribution in [3.05, 3.63) is 63.2 Å². The predicted octanol–water partition coefficient (Wildman–Crippen LogP) is 0.0420. The molecule has 9 heteroatoms. The summed E-state index contributed by atoms with van der Waals surface area (Å²) in [5, 5.41) is 7.41. The second kappa shape index (κ2) is 7.10. The average molecular weight is 366 g/mol. The van der Waals surface area contributed by atoms with Crippen LogP contribution in [0, 0.1) is 0 Å². The molecule has 0 spiro atoms. The summed E-state index contributed by atoms with van der Waals surface area (Å²) in [6.07, 6.45) is 5.07. The Bertz CT molecular complexity index is 1120. The molecule has 0 bridgehead atoms. The molecule has 1 aliphatic carbocycles. The molecule has 0 aromatic carbocycles. The Morgan fingerprint density at radius 2 is 2.04 bits per heavy atom. The molecule has 4 rings (SSSR count). The van der Waals surface area contributed by atoms with Crippen LogP contribution in [0.2, 0.25) is 0 Å². The van der Waals surface area contributed by atoms with Crippen LogP contribution in [0.5, 0.6) is 0 Å². The van der Waals surface area contributed by atoms with E-state index in [0.717, 1.165) is 18.5 Å². The van der Waals surface area contributed by atoms with Crippen LogP contribution < -0.4 is 16.4 Å². The lowest BCUT2D eigenvalue weighted by atomic mass is 10.3. The zero-order valence-electron chi connectivity index (χ0n) is 14.5. The second-order valence-corrected chi connectivity index (χ2v) is 6.50. The highest BCUT2D eigenvalue weighted by atomic mass is 16.2. The molecule has 0 aliphatic heterocycles. The van der Waals surface area contributed by atoms with E-state index < -0.39 is 0 Å². The van der Waals surface area contributed by atoms with Gasteiger partial charge in [-0.05, 0) is 31.0 Å². The van der Waals surface area contributed by atoms with Gasteiger partial charge in [-0.15, -0.1) is 0 Å². The fourth-order valence-corrected chi connectivity index (χ4v) is 2.84. The third-order valence-corrected chi connectivity index (χ3v) is 4.44. The highest BCUT2D eigenvalue weighted by Gasteiger charge is 2.25. The Morgan fingerprint density at radius 1 is 1.19 bits per heavy atom. The molecule has 0 atom stereocenters. The van der Waals surface area contributed by atoms with Crippen molar-refractivity contribution in [3.63, 3.8) is 0 Å². The average Bonchev–Trinajstić information content (AvgIpc) is 3.51. The van der Waals surface area contributed by atoms with Crippen LogP contribution in [0.25, 0.3) is 11.0 Å². The molecule has 138 valence electrons. The summed E-state index contributed by atoms with van der Waals surface area (Å²) in [5.41, 5.74) is 0.748. The minimum atomic E-state index is -0.339. The quantitative estimate of drug-likeness (QED) is 0.659. The smallest absolute Gasteiger partial charge is 0.266 e. The van der Waals surface area contributed by atoms with E-state index in [1.807, 2.05) is 0 Å². The Balaban J connectivity index is 1.38. The monoisotopic (exact) mass is 366 g/mol. The van der Waals surface area contributed by atoms with Crippen molar-refractivity contribution >= 4 is 16.9 Å². The summed E-state index contributed by atoms with van der Waals surface area (Å²) in [7, 11) is 0. The van der Waals surface area contributed by atoms with E-state index in [-0.39, 0.29) is 36.7 Å². The fraction of sp³-hybridized carbons (Fsp3) is 0.333. The zero-order chi connectivity index (χ0) is 18.8. The van der Waals surface area contributed by atoms with E-state index >= 15 is 0 Å². The fourth-order valence-electron chi connectivity index (χ4n) is 2.84. The van der Waals surface area contributed by atoms with Crippen molar-refractivity contribution < 1.29 is 4.79 Å². The van der Waals surface area contributed by atoms with Gasteiger partial charge in [0.25, 0.3) is 11.1 Å². The molecule has 9 nitrogen and oxygen atoms in total. The Morgan fingerprint density at radius 3 is 2.85 bits per heavy atom. The first-order valence-corrected chi connectivity index (χ1v) is 8.77. The van der Waals surface area contributed by atoms with Crippen molar-refractivity contribution in [2.75, 3.05) is 6.54 Å². The first-order chi connectivity index (χ1) is 13.1. The molecule has 0 saturated heterocycles. The van der Waals surface area contributed by atoms with Gasteiger partial charge in [-0.1, -0.05) is 0 Å². The molecule has 27 heavy (non-hydrogen) atoms. The maximum atomic E-state index is 12.4. The molecule has 3 aromatic heterocycles. The van der Waals surface area contributed by atoms with E-state index in [1.165, 1.54) is 21.6 Å². The van der Waals surface area contributed by atoms with E-state index in [0.29, 0.717) is 17.0 Å². The summed E-state index contributed by atoms with van der Waals surface area (Å²) < 4.78 is 2.60. The van der Waals surface area contributed by atoms with Crippen LogP contribution in [0.4, 0.5) is 0 Å². The van der Waals surface area contributed by atoms with Crippen molar-refractivity contribution in [3.8, 4) is 0 Å². The lowest BCUT2D eigenvalue weighted by Gasteiger charge is -2.09. The Kier molecular flexibility index (Phi) is 4.49. The summed E-state index contributed by atoms with van der Waals surface area (Å²) in [5.74, 6) is 0.113. The molecule has 1 saturated carbocycles. The second-order valence-electron chi connectivity index (χ2n) is 6.50. The van der Waals surface area contributed by atoms with E-state index in [4.69, 9.17) is 0 Å². The van der Waals surface area contributed by atoms with E-state index in [1.54, 1.807) is 24.4 Å². The van der Waals surface area contributed by atoms with Crippen LogP contribution >= 0.6 is 0 Å². The number of rotatable bonds is 6. The molecular weight excluding hydrogens is 348 g/mol. The molecule has 1 amide bonds. The van der Waals surface area contributed by atoms with Gasteiger partial charge in [0.15, 0.2) is 5.65 Å². The van der Waals surface area contributed by atoms with E-state index in [9.17, 15) is 14.4 Å². The van der Waals surface area contributed by atoms with Gasteiger partial charge < -0.3 is 5.32 Å². The van der Waals surface area contributed by atoms with Crippen molar-refractivity contribution in [2.45, 2.75) is 31.8 Å². The SMILES string of the molecule is O=C(Cn1cnc2ncccc2c1=O)NCCn1nc(C2CC2)ccc1=O. The number of hydrogen-bond acceptors (Lipinski definition) is 6. The first kappa shape index (κ1) is 17.1. The van der Waals surface area contributed by atoms with Crippen LogP contribution in [0.3, 0.4) is 0 Å². The molecule has 1 fully saturated rings. The number of carbonyl (C=O) groups excluding carboxylic acids is 1. The van der Waals surface area contributed by atoms with Gasteiger partial charge in [0.2, 0.25) is 5.91 Å². The topological polar surface area (TPSA) is 112 Å². The summed E-state index contributed by atoms with van der Waals surface area (Å²) in [6, 6.07) is 6.55. The normalized spacial score (nSPS) is 13.6. The number of nitrogens with one attached hydrogen (secondary N) is 1. The predicted molar refractivity (Wildman–Crippen MR) is 97.3 cm³/mol. The molecular formula is C18H18N6O3.